The zero-order valence-electron chi connectivity index (χ0n) is 13.8. The van der Waals surface area contributed by atoms with E-state index in [1.54, 1.807) is 12.1 Å². The standard InChI is InChI=1S/C18H25N3O2/c1-18(2,12-19)14-7-9-15(10-8-14)20-17(23)21-16-6-4-3-5-13(16)11-22/h7-10,13,16,22H,3-6,11H2,1-2H3,(H2,20,21,23)/t13-,16-/m0/s1. The highest BCUT2D eigenvalue weighted by atomic mass is 16.3. The molecule has 0 heterocycles. The van der Waals surface area contributed by atoms with Crippen LogP contribution in [0.4, 0.5) is 10.5 Å². The highest BCUT2D eigenvalue weighted by Crippen LogP contribution is 2.25. The number of amides is 2. The minimum atomic E-state index is -0.544. The fourth-order valence-electron chi connectivity index (χ4n) is 2.99. The Balaban J connectivity index is 1.94. The van der Waals surface area contributed by atoms with E-state index in [0.717, 1.165) is 31.2 Å². The Morgan fingerprint density at radius 2 is 1.96 bits per heavy atom. The summed E-state index contributed by atoms with van der Waals surface area (Å²) in [4.78, 5) is 12.1. The molecule has 3 N–H and O–H groups in total. The number of hydrogen-bond donors (Lipinski definition) is 3. The summed E-state index contributed by atoms with van der Waals surface area (Å²) in [7, 11) is 0. The molecule has 1 fully saturated rings. The first-order valence-corrected chi connectivity index (χ1v) is 8.16. The third-order valence-corrected chi connectivity index (χ3v) is 4.60. The first-order valence-electron chi connectivity index (χ1n) is 8.16. The molecule has 0 bridgehead atoms. The molecule has 1 aromatic rings. The highest BCUT2D eigenvalue weighted by Gasteiger charge is 2.26. The molecule has 2 amide bonds. The van der Waals surface area contributed by atoms with Crippen LogP contribution in [-0.2, 0) is 5.41 Å². The Morgan fingerprint density at radius 1 is 1.30 bits per heavy atom. The summed E-state index contributed by atoms with van der Waals surface area (Å²) in [5.41, 5.74) is 1.06. The number of carbonyl (C=O) groups is 1. The van der Waals surface area contributed by atoms with Crippen LogP contribution in [-0.4, -0.2) is 23.8 Å². The number of aliphatic hydroxyl groups is 1. The monoisotopic (exact) mass is 315 g/mol. The number of nitrogens with zero attached hydrogens (tertiary/aromatic N) is 1. The van der Waals surface area contributed by atoms with E-state index in [2.05, 4.69) is 16.7 Å². The van der Waals surface area contributed by atoms with E-state index in [1.807, 2.05) is 26.0 Å². The van der Waals surface area contributed by atoms with Gasteiger partial charge in [0.05, 0.1) is 11.5 Å². The Morgan fingerprint density at radius 3 is 2.57 bits per heavy atom. The molecule has 0 aliphatic heterocycles. The van der Waals surface area contributed by atoms with Gasteiger partial charge < -0.3 is 15.7 Å². The van der Waals surface area contributed by atoms with Gasteiger partial charge in [-0.15, -0.1) is 0 Å². The third-order valence-electron chi connectivity index (χ3n) is 4.60. The van der Waals surface area contributed by atoms with E-state index in [0.29, 0.717) is 5.69 Å². The summed E-state index contributed by atoms with van der Waals surface area (Å²) in [6, 6.07) is 9.37. The molecule has 1 aliphatic carbocycles. The van der Waals surface area contributed by atoms with Gasteiger partial charge in [0, 0.05) is 24.3 Å². The average Bonchev–Trinajstić information content (AvgIpc) is 2.55. The Hall–Kier alpha value is -2.06. The minimum absolute atomic E-state index is 0.0329. The second-order valence-electron chi connectivity index (χ2n) is 6.75. The van der Waals surface area contributed by atoms with Gasteiger partial charge in [-0.1, -0.05) is 25.0 Å². The largest absolute Gasteiger partial charge is 0.396 e. The smallest absolute Gasteiger partial charge is 0.319 e. The molecule has 5 nitrogen and oxygen atoms in total. The van der Waals surface area contributed by atoms with Crippen molar-refractivity contribution in [3.05, 3.63) is 29.8 Å². The second kappa shape index (κ2) is 7.47. The van der Waals surface area contributed by atoms with Crippen molar-refractivity contribution in [3.8, 4) is 6.07 Å². The number of nitriles is 1. The predicted octanol–water partition coefficient (Wildman–Crippen LogP) is 3.16. The number of benzene rings is 1. The predicted molar refractivity (Wildman–Crippen MR) is 90.1 cm³/mol. The van der Waals surface area contributed by atoms with Crippen molar-refractivity contribution in [2.75, 3.05) is 11.9 Å². The van der Waals surface area contributed by atoms with Crippen molar-refractivity contribution in [1.29, 1.82) is 5.26 Å². The fraction of sp³-hybridized carbons (Fsp3) is 0.556. The Bertz CT molecular complexity index is 575. The van der Waals surface area contributed by atoms with Gasteiger partial charge in [-0.25, -0.2) is 4.79 Å². The molecule has 1 saturated carbocycles. The zero-order chi connectivity index (χ0) is 16.9. The zero-order valence-corrected chi connectivity index (χ0v) is 13.8. The quantitative estimate of drug-likeness (QED) is 0.798. The average molecular weight is 315 g/mol. The van der Waals surface area contributed by atoms with Crippen molar-refractivity contribution < 1.29 is 9.90 Å². The lowest BCUT2D eigenvalue weighted by molar-refractivity contribution is 0.156. The van der Waals surface area contributed by atoms with Crippen LogP contribution < -0.4 is 10.6 Å². The van der Waals surface area contributed by atoms with E-state index in [1.165, 1.54) is 0 Å². The highest BCUT2D eigenvalue weighted by molar-refractivity contribution is 5.89. The first kappa shape index (κ1) is 17.3. The van der Waals surface area contributed by atoms with Crippen LogP contribution in [0.3, 0.4) is 0 Å². The number of nitrogens with one attached hydrogen (secondary N) is 2. The van der Waals surface area contributed by atoms with Gasteiger partial charge in [0.25, 0.3) is 0 Å². The lowest BCUT2D eigenvalue weighted by atomic mass is 9.85. The van der Waals surface area contributed by atoms with Gasteiger partial charge in [0.2, 0.25) is 0 Å². The second-order valence-corrected chi connectivity index (χ2v) is 6.75. The summed E-state index contributed by atoms with van der Waals surface area (Å²) in [5.74, 6) is 0.147. The van der Waals surface area contributed by atoms with Crippen LogP contribution in [0, 0.1) is 17.2 Å². The molecule has 2 atom stereocenters. The molecule has 0 unspecified atom stereocenters. The summed E-state index contributed by atoms with van der Waals surface area (Å²) >= 11 is 0. The molecule has 0 saturated heterocycles. The Kier molecular flexibility index (Phi) is 5.62. The molecular formula is C18H25N3O2. The topological polar surface area (TPSA) is 85.2 Å². The van der Waals surface area contributed by atoms with Crippen molar-refractivity contribution in [3.63, 3.8) is 0 Å². The van der Waals surface area contributed by atoms with Crippen LogP contribution in [0.25, 0.3) is 0 Å². The summed E-state index contributed by atoms with van der Waals surface area (Å²) in [5, 5.41) is 24.3. The van der Waals surface area contributed by atoms with Crippen LogP contribution in [0.1, 0.15) is 45.1 Å². The number of aliphatic hydroxyl groups excluding tert-OH is 1. The van der Waals surface area contributed by atoms with Crippen molar-refractivity contribution in [1.82, 2.24) is 5.32 Å². The SMILES string of the molecule is CC(C)(C#N)c1ccc(NC(=O)N[C@H]2CCCC[C@H]2CO)cc1. The van der Waals surface area contributed by atoms with E-state index in [9.17, 15) is 9.90 Å². The maximum atomic E-state index is 12.1. The molecule has 0 spiro atoms. The van der Waals surface area contributed by atoms with Gasteiger partial charge in [0.1, 0.15) is 0 Å². The minimum Gasteiger partial charge on any atom is -0.396 e. The maximum Gasteiger partial charge on any atom is 0.319 e. The van der Waals surface area contributed by atoms with Gasteiger partial charge in [-0.05, 0) is 44.4 Å². The van der Waals surface area contributed by atoms with Crippen molar-refractivity contribution in [2.24, 2.45) is 5.92 Å². The lowest BCUT2D eigenvalue weighted by Crippen LogP contribution is -2.45. The molecule has 0 aromatic heterocycles. The number of anilines is 1. The molecular weight excluding hydrogens is 290 g/mol. The van der Waals surface area contributed by atoms with Crippen LogP contribution in [0.2, 0.25) is 0 Å². The molecule has 124 valence electrons. The molecule has 5 heteroatoms. The number of urea groups is 1. The maximum absolute atomic E-state index is 12.1. The fourth-order valence-corrected chi connectivity index (χ4v) is 2.99. The van der Waals surface area contributed by atoms with E-state index >= 15 is 0 Å². The number of rotatable bonds is 4. The van der Waals surface area contributed by atoms with Gasteiger partial charge in [0.15, 0.2) is 0 Å². The molecule has 0 radical (unpaired) electrons. The van der Waals surface area contributed by atoms with E-state index in [-0.39, 0.29) is 24.6 Å². The van der Waals surface area contributed by atoms with Gasteiger partial charge in [-0.2, -0.15) is 5.26 Å². The van der Waals surface area contributed by atoms with Crippen LogP contribution in [0.5, 0.6) is 0 Å². The van der Waals surface area contributed by atoms with Crippen molar-refractivity contribution in [2.45, 2.75) is 51.0 Å². The molecule has 1 aromatic carbocycles. The molecule has 23 heavy (non-hydrogen) atoms. The number of hydrogen-bond acceptors (Lipinski definition) is 3. The summed E-state index contributed by atoms with van der Waals surface area (Å²) in [6.07, 6.45) is 4.06. The number of carbonyl (C=O) groups excluding carboxylic acids is 1. The normalized spacial score (nSPS) is 21.3. The first-order chi connectivity index (χ1) is 11.0. The Labute approximate surface area is 137 Å². The van der Waals surface area contributed by atoms with E-state index in [4.69, 9.17) is 5.26 Å². The molecule has 2 rings (SSSR count). The van der Waals surface area contributed by atoms with Gasteiger partial charge >= 0.3 is 6.03 Å². The van der Waals surface area contributed by atoms with Crippen molar-refractivity contribution >= 4 is 11.7 Å². The van der Waals surface area contributed by atoms with Gasteiger partial charge in [-0.3, -0.25) is 0 Å². The van der Waals surface area contributed by atoms with Crippen LogP contribution >= 0.6 is 0 Å². The lowest BCUT2D eigenvalue weighted by Gasteiger charge is -2.30. The third kappa shape index (κ3) is 4.46. The van der Waals surface area contributed by atoms with E-state index < -0.39 is 5.41 Å². The van der Waals surface area contributed by atoms with Crippen LogP contribution in [0.15, 0.2) is 24.3 Å². The summed E-state index contributed by atoms with van der Waals surface area (Å²) < 4.78 is 0. The summed E-state index contributed by atoms with van der Waals surface area (Å²) in [6.45, 7) is 3.84. The molecule has 1 aliphatic rings.